The van der Waals surface area contributed by atoms with Gasteiger partial charge in [-0.1, -0.05) is 23.7 Å². The summed E-state index contributed by atoms with van der Waals surface area (Å²) in [6, 6.07) is 13.2. The van der Waals surface area contributed by atoms with Crippen molar-refractivity contribution in [3.63, 3.8) is 0 Å². The van der Waals surface area contributed by atoms with Crippen LogP contribution in [0.4, 0.5) is 10.5 Å². The second-order valence-corrected chi connectivity index (χ2v) is 7.87. The fourth-order valence-corrected chi connectivity index (χ4v) is 3.87. The summed E-state index contributed by atoms with van der Waals surface area (Å²) >= 11 is 5.89. The molecule has 4 rings (SSSR count). The van der Waals surface area contributed by atoms with Gasteiger partial charge in [0.25, 0.3) is 11.8 Å². The van der Waals surface area contributed by atoms with Crippen molar-refractivity contribution in [2.45, 2.75) is 13.8 Å². The molecule has 1 aliphatic rings. The number of imide groups is 2. The number of anilines is 1. The number of hydrogen-bond donors (Lipinski definition) is 1. The molecule has 33 heavy (non-hydrogen) atoms. The molecule has 0 spiro atoms. The van der Waals surface area contributed by atoms with E-state index in [-0.39, 0.29) is 16.8 Å². The molecule has 1 aliphatic heterocycles. The molecule has 0 bridgehead atoms. The molecule has 1 saturated heterocycles. The second-order valence-electron chi connectivity index (χ2n) is 7.43. The average Bonchev–Trinajstić information content (AvgIpc) is 3.05. The summed E-state index contributed by atoms with van der Waals surface area (Å²) in [5.41, 5.74) is 2.66. The lowest BCUT2D eigenvalue weighted by Crippen LogP contribution is -2.54. The van der Waals surface area contributed by atoms with Crippen LogP contribution in [0.15, 0.2) is 60.2 Å². The van der Waals surface area contributed by atoms with E-state index >= 15 is 0 Å². The molecule has 9 heteroatoms. The molecular formula is C24H17ClN3O5-. The third-order valence-corrected chi connectivity index (χ3v) is 5.55. The Kier molecular flexibility index (Phi) is 5.61. The van der Waals surface area contributed by atoms with Crippen LogP contribution in [0.5, 0.6) is 0 Å². The number of aromatic carboxylic acids is 1. The summed E-state index contributed by atoms with van der Waals surface area (Å²) < 4.78 is 1.80. The molecule has 2 heterocycles. The molecule has 1 aromatic heterocycles. The first kappa shape index (κ1) is 22.0. The van der Waals surface area contributed by atoms with E-state index in [1.165, 1.54) is 42.5 Å². The molecule has 4 amide bonds. The second kappa shape index (κ2) is 8.40. The van der Waals surface area contributed by atoms with E-state index in [0.29, 0.717) is 22.0 Å². The monoisotopic (exact) mass is 462 g/mol. The maximum atomic E-state index is 13.1. The quantitative estimate of drug-likeness (QED) is 0.473. The van der Waals surface area contributed by atoms with Crippen molar-refractivity contribution in [2.75, 3.05) is 4.90 Å². The van der Waals surface area contributed by atoms with Crippen LogP contribution < -0.4 is 15.3 Å². The van der Waals surface area contributed by atoms with Gasteiger partial charge in [-0.3, -0.25) is 14.9 Å². The molecular weight excluding hydrogens is 446 g/mol. The Balaban J connectivity index is 1.76. The fraction of sp³-hybridized carbons (Fsp3) is 0.0833. The summed E-state index contributed by atoms with van der Waals surface area (Å²) in [6.07, 6.45) is 1.41. The van der Waals surface area contributed by atoms with E-state index in [2.05, 4.69) is 5.32 Å². The Hall–Kier alpha value is -4.17. The van der Waals surface area contributed by atoms with Gasteiger partial charge >= 0.3 is 6.03 Å². The molecule has 0 aliphatic carbocycles. The highest BCUT2D eigenvalue weighted by atomic mass is 35.5. The van der Waals surface area contributed by atoms with Crippen LogP contribution in [-0.2, 0) is 9.59 Å². The molecule has 0 atom stereocenters. The maximum Gasteiger partial charge on any atom is 0.335 e. The summed E-state index contributed by atoms with van der Waals surface area (Å²) in [6.45, 7) is 3.59. The average molecular weight is 463 g/mol. The largest absolute Gasteiger partial charge is 0.545 e. The van der Waals surface area contributed by atoms with Crippen molar-refractivity contribution in [3.8, 4) is 5.69 Å². The van der Waals surface area contributed by atoms with E-state index < -0.39 is 23.8 Å². The van der Waals surface area contributed by atoms with E-state index in [4.69, 9.17) is 11.6 Å². The predicted octanol–water partition coefficient (Wildman–Crippen LogP) is 2.78. The number of benzene rings is 2. The van der Waals surface area contributed by atoms with Crippen LogP contribution in [0.25, 0.3) is 11.8 Å². The Bertz CT molecular complexity index is 1350. The number of carboxylic acids is 1. The number of carbonyl (C=O) groups is 4. The van der Waals surface area contributed by atoms with Gasteiger partial charge in [-0.25, -0.2) is 9.69 Å². The van der Waals surface area contributed by atoms with Crippen LogP contribution in [-0.4, -0.2) is 28.4 Å². The van der Waals surface area contributed by atoms with Crippen LogP contribution in [0.3, 0.4) is 0 Å². The number of carboxylic acid groups (broad SMARTS) is 1. The standard InChI is InChI=1S/C24H18ClN3O5/c1-13-10-16(14(2)27(13)19-5-3-4-15(11-19)23(31)32)12-20-21(29)26-24(33)28(22(20)30)18-8-6-17(25)7-9-18/h3-12H,1-2H3,(H,31,32)(H,26,29,33)/p-1/b20-12+. The van der Waals surface area contributed by atoms with Crippen molar-refractivity contribution >= 4 is 47.2 Å². The minimum atomic E-state index is -1.29. The number of carbonyl (C=O) groups excluding carboxylic acids is 4. The number of nitrogens with one attached hydrogen (secondary N) is 1. The maximum absolute atomic E-state index is 13.1. The first-order chi connectivity index (χ1) is 15.7. The van der Waals surface area contributed by atoms with Crippen LogP contribution >= 0.6 is 11.6 Å². The van der Waals surface area contributed by atoms with Crippen molar-refractivity contribution in [1.29, 1.82) is 0 Å². The number of hydrogen-bond acceptors (Lipinski definition) is 5. The molecule has 3 aromatic rings. The SMILES string of the molecule is Cc1cc(/C=C2\C(=O)NC(=O)N(c3ccc(Cl)cc3)C2=O)c(C)n1-c1cccc(C(=O)[O-])c1. The molecule has 0 radical (unpaired) electrons. The van der Waals surface area contributed by atoms with Gasteiger partial charge < -0.3 is 14.5 Å². The van der Waals surface area contributed by atoms with Gasteiger partial charge in [-0.05, 0) is 73.5 Å². The van der Waals surface area contributed by atoms with E-state index in [0.717, 1.165) is 10.6 Å². The summed E-state index contributed by atoms with van der Waals surface area (Å²) in [5, 5.41) is 13.9. The number of urea groups is 1. The van der Waals surface area contributed by atoms with Gasteiger partial charge in [0, 0.05) is 22.1 Å². The number of halogens is 1. The van der Waals surface area contributed by atoms with Gasteiger partial charge in [0.15, 0.2) is 0 Å². The summed E-state index contributed by atoms with van der Waals surface area (Å²) in [4.78, 5) is 50.0. The van der Waals surface area contributed by atoms with Crippen molar-refractivity contribution in [2.24, 2.45) is 0 Å². The predicted molar refractivity (Wildman–Crippen MR) is 120 cm³/mol. The smallest absolute Gasteiger partial charge is 0.335 e. The van der Waals surface area contributed by atoms with Crippen molar-refractivity contribution in [3.05, 3.63) is 87.7 Å². The van der Waals surface area contributed by atoms with Gasteiger partial charge in [0.1, 0.15) is 5.57 Å². The van der Waals surface area contributed by atoms with Gasteiger partial charge in [0.05, 0.1) is 11.7 Å². The first-order valence-corrected chi connectivity index (χ1v) is 10.2. The number of rotatable bonds is 4. The molecule has 0 unspecified atom stereocenters. The molecule has 1 fully saturated rings. The van der Waals surface area contributed by atoms with Crippen LogP contribution in [0.1, 0.15) is 27.3 Å². The van der Waals surface area contributed by atoms with E-state index in [1.54, 1.807) is 29.7 Å². The van der Waals surface area contributed by atoms with E-state index in [9.17, 15) is 24.3 Å². The zero-order valence-corrected chi connectivity index (χ0v) is 18.3. The molecule has 0 saturated carbocycles. The molecule has 1 N–H and O–H groups in total. The lowest BCUT2D eigenvalue weighted by Gasteiger charge is -2.26. The third-order valence-electron chi connectivity index (χ3n) is 5.30. The molecule has 2 aromatic carbocycles. The molecule has 166 valence electrons. The summed E-state index contributed by atoms with van der Waals surface area (Å²) in [7, 11) is 0. The Morgan fingerprint density at radius 3 is 2.36 bits per heavy atom. The Labute approximate surface area is 193 Å². The Morgan fingerprint density at radius 2 is 1.70 bits per heavy atom. The zero-order chi connectivity index (χ0) is 23.9. The number of nitrogens with zero attached hydrogens (tertiary/aromatic N) is 2. The van der Waals surface area contributed by atoms with Gasteiger partial charge in [-0.2, -0.15) is 0 Å². The number of barbiturate groups is 1. The van der Waals surface area contributed by atoms with E-state index in [1.807, 2.05) is 6.92 Å². The number of amides is 4. The highest BCUT2D eigenvalue weighted by Gasteiger charge is 2.37. The normalized spacial score (nSPS) is 15.2. The molecule has 8 nitrogen and oxygen atoms in total. The van der Waals surface area contributed by atoms with Crippen LogP contribution in [0.2, 0.25) is 5.02 Å². The highest BCUT2D eigenvalue weighted by Crippen LogP contribution is 2.27. The van der Waals surface area contributed by atoms with Crippen molar-refractivity contribution in [1.82, 2.24) is 9.88 Å². The van der Waals surface area contributed by atoms with Gasteiger partial charge in [-0.15, -0.1) is 0 Å². The fourth-order valence-electron chi connectivity index (χ4n) is 3.74. The topological polar surface area (TPSA) is 112 Å². The minimum Gasteiger partial charge on any atom is -0.545 e. The van der Waals surface area contributed by atoms with Crippen LogP contribution in [0, 0.1) is 13.8 Å². The van der Waals surface area contributed by atoms with Crippen molar-refractivity contribution < 1.29 is 24.3 Å². The lowest BCUT2D eigenvalue weighted by atomic mass is 10.1. The lowest BCUT2D eigenvalue weighted by molar-refractivity contribution is -0.255. The third kappa shape index (κ3) is 4.04. The number of aromatic nitrogens is 1. The van der Waals surface area contributed by atoms with Gasteiger partial charge in [0.2, 0.25) is 0 Å². The Morgan fingerprint density at radius 1 is 1.00 bits per heavy atom. The zero-order valence-electron chi connectivity index (χ0n) is 17.6. The highest BCUT2D eigenvalue weighted by molar-refractivity contribution is 6.39. The first-order valence-electron chi connectivity index (χ1n) is 9.85. The summed E-state index contributed by atoms with van der Waals surface area (Å²) in [5.74, 6) is -2.87. The number of aryl methyl sites for hydroxylation is 1. The minimum absolute atomic E-state index is 0.0267.